The highest BCUT2D eigenvalue weighted by Gasteiger charge is 2.12. The molecule has 2 rings (SSSR count). The third-order valence-corrected chi connectivity index (χ3v) is 4.69. The summed E-state index contributed by atoms with van der Waals surface area (Å²) < 4.78 is 11.8. The Hall–Kier alpha value is -2.67. The van der Waals surface area contributed by atoms with E-state index >= 15 is 0 Å². The average Bonchev–Trinajstić information content (AvgIpc) is 2.63. The summed E-state index contributed by atoms with van der Waals surface area (Å²) in [5.41, 5.74) is 5.03. The van der Waals surface area contributed by atoms with Gasteiger partial charge in [0.2, 0.25) is 0 Å². The number of para-hydroxylation sites is 1. The van der Waals surface area contributed by atoms with Crippen molar-refractivity contribution in [3.05, 3.63) is 57.6 Å². The minimum absolute atomic E-state index is 0.163. The number of benzene rings is 2. The van der Waals surface area contributed by atoms with Gasteiger partial charge in [-0.05, 0) is 48.2 Å². The topological polar surface area (TPSA) is 77.0 Å². The van der Waals surface area contributed by atoms with Crippen LogP contribution in [-0.2, 0) is 9.59 Å². The number of ether oxygens (including phenoxy) is 2. The van der Waals surface area contributed by atoms with Crippen LogP contribution in [0.5, 0.6) is 11.5 Å². The number of halogens is 1. The summed E-state index contributed by atoms with van der Waals surface area (Å²) in [6, 6.07) is 10.8. The summed E-state index contributed by atoms with van der Waals surface area (Å²) in [5.74, 6) is 0.484. The molecule has 1 amide bonds. The van der Waals surface area contributed by atoms with Crippen molar-refractivity contribution in [2.24, 2.45) is 5.10 Å². The lowest BCUT2D eigenvalue weighted by molar-refractivity contribution is -0.132. The molecule has 0 aliphatic carbocycles. The second-order valence-corrected chi connectivity index (χ2v) is 7.36. The summed E-state index contributed by atoms with van der Waals surface area (Å²) in [6.45, 7) is 7.25. The summed E-state index contributed by atoms with van der Waals surface area (Å²) >= 11 is 3.52. The van der Waals surface area contributed by atoms with Crippen molar-refractivity contribution < 1.29 is 19.1 Å². The number of esters is 1. The van der Waals surface area contributed by atoms with Crippen LogP contribution in [-0.4, -0.2) is 24.7 Å². The average molecular weight is 447 g/mol. The Morgan fingerprint density at radius 2 is 1.93 bits per heavy atom. The van der Waals surface area contributed by atoms with Crippen molar-refractivity contribution in [1.29, 1.82) is 0 Å². The number of nitrogens with one attached hydrogen (secondary N) is 1. The molecule has 28 heavy (non-hydrogen) atoms. The molecule has 0 aliphatic heterocycles. The van der Waals surface area contributed by atoms with Gasteiger partial charge in [0.25, 0.3) is 5.91 Å². The maximum atomic E-state index is 12.1. The molecule has 0 radical (unpaired) electrons. The second kappa shape index (κ2) is 10.0. The van der Waals surface area contributed by atoms with Crippen LogP contribution in [0.25, 0.3) is 0 Å². The summed E-state index contributed by atoms with van der Waals surface area (Å²) in [6.07, 6.45) is 1.42. The molecule has 0 fully saturated rings. The molecule has 0 unspecified atom stereocenters. The second-order valence-electron chi connectivity index (χ2n) is 6.51. The van der Waals surface area contributed by atoms with Gasteiger partial charge in [0.15, 0.2) is 6.61 Å². The number of hydrazone groups is 1. The van der Waals surface area contributed by atoms with E-state index in [1.165, 1.54) is 13.1 Å². The molecule has 2 aromatic carbocycles. The molecule has 0 bridgehead atoms. The highest BCUT2D eigenvalue weighted by atomic mass is 79.9. The smallest absolute Gasteiger partial charge is 0.308 e. The highest BCUT2D eigenvalue weighted by molar-refractivity contribution is 9.10. The van der Waals surface area contributed by atoms with Crippen LogP contribution in [0.15, 0.2) is 46.0 Å². The summed E-state index contributed by atoms with van der Waals surface area (Å²) in [7, 11) is 0. The fraction of sp³-hybridized carbons (Fsp3) is 0.286. The highest BCUT2D eigenvalue weighted by Crippen LogP contribution is 2.32. The lowest BCUT2D eigenvalue weighted by atomic mass is 10.0. The van der Waals surface area contributed by atoms with Crippen molar-refractivity contribution in [3.8, 4) is 11.5 Å². The van der Waals surface area contributed by atoms with Crippen molar-refractivity contribution in [1.82, 2.24) is 5.43 Å². The number of carbonyl (C=O) groups excluding carboxylic acids is 2. The van der Waals surface area contributed by atoms with Gasteiger partial charge in [-0.2, -0.15) is 5.10 Å². The zero-order valence-corrected chi connectivity index (χ0v) is 17.9. The van der Waals surface area contributed by atoms with Crippen LogP contribution >= 0.6 is 15.9 Å². The fourth-order valence-corrected chi connectivity index (χ4v) is 2.79. The van der Waals surface area contributed by atoms with Crippen LogP contribution in [0.3, 0.4) is 0 Å². The van der Waals surface area contributed by atoms with E-state index in [4.69, 9.17) is 9.47 Å². The number of nitrogens with zero attached hydrogens (tertiary/aromatic N) is 1. The van der Waals surface area contributed by atoms with Crippen molar-refractivity contribution >= 4 is 34.0 Å². The number of hydrogen-bond acceptors (Lipinski definition) is 5. The normalized spacial score (nSPS) is 10.9. The Labute approximate surface area is 173 Å². The van der Waals surface area contributed by atoms with E-state index < -0.39 is 11.9 Å². The molecule has 6 nitrogen and oxygen atoms in total. The van der Waals surface area contributed by atoms with Gasteiger partial charge in [-0.1, -0.05) is 41.9 Å². The van der Waals surface area contributed by atoms with E-state index in [1.54, 1.807) is 24.3 Å². The lowest BCUT2D eigenvalue weighted by Gasteiger charge is -2.15. The number of aryl methyl sites for hydroxylation is 1. The molecule has 0 aliphatic rings. The Bertz CT molecular complexity index is 894. The van der Waals surface area contributed by atoms with Crippen LogP contribution in [0.2, 0.25) is 0 Å². The first kappa shape index (κ1) is 21.6. The summed E-state index contributed by atoms with van der Waals surface area (Å²) in [4.78, 5) is 23.2. The molecule has 0 aromatic heterocycles. The number of rotatable bonds is 7. The first-order valence-electron chi connectivity index (χ1n) is 8.80. The Balaban J connectivity index is 1.98. The van der Waals surface area contributed by atoms with E-state index in [9.17, 15) is 9.59 Å². The Morgan fingerprint density at radius 1 is 1.21 bits per heavy atom. The Morgan fingerprint density at radius 3 is 2.61 bits per heavy atom. The predicted molar refractivity (Wildman–Crippen MR) is 112 cm³/mol. The van der Waals surface area contributed by atoms with Crippen LogP contribution in [0.4, 0.5) is 0 Å². The first-order chi connectivity index (χ1) is 13.3. The summed E-state index contributed by atoms with van der Waals surface area (Å²) in [5, 5.41) is 3.91. The monoisotopic (exact) mass is 446 g/mol. The van der Waals surface area contributed by atoms with E-state index in [1.807, 2.05) is 19.1 Å². The van der Waals surface area contributed by atoms with E-state index in [-0.39, 0.29) is 12.5 Å². The van der Waals surface area contributed by atoms with Crippen molar-refractivity contribution in [2.75, 3.05) is 6.61 Å². The maximum absolute atomic E-state index is 12.1. The minimum Gasteiger partial charge on any atom is -0.483 e. The maximum Gasteiger partial charge on any atom is 0.308 e. The van der Waals surface area contributed by atoms with Crippen molar-refractivity contribution in [2.45, 2.75) is 33.6 Å². The molecule has 0 atom stereocenters. The third kappa shape index (κ3) is 6.20. The van der Waals surface area contributed by atoms with Gasteiger partial charge in [-0.3, -0.25) is 9.59 Å². The van der Waals surface area contributed by atoms with Crippen LogP contribution in [0.1, 0.15) is 43.4 Å². The molecular weight excluding hydrogens is 424 g/mol. The molecule has 2 aromatic rings. The molecule has 0 saturated carbocycles. The van der Waals surface area contributed by atoms with Gasteiger partial charge < -0.3 is 9.47 Å². The number of hydrogen-bond donors (Lipinski definition) is 1. The van der Waals surface area contributed by atoms with E-state index in [0.717, 1.165) is 15.6 Å². The molecule has 7 heteroatoms. The lowest BCUT2D eigenvalue weighted by Crippen LogP contribution is -2.25. The SMILES string of the molecule is CC(=O)Oc1ccccc1/C=N\NC(=O)COc1cc(C)c(Br)cc1C(C)C. The van der Waals surface area contributed by atoms with Crippen LogP contribution < -0.4 is 14.9 Å². The van der Waals surface area contributed by atoms with E-state index in [2.05, 4.69) is 40.3 Å². The Kier molecular flexibility index (Phi) is 7.75. The van der Waals surface area contributed by atoms with Gasteiger partial charge >= 0.3 is 5.97 Å². The standard InChI is InChI=1S/C21H23BrN2O4/c1-13(2)17-10-18(22)14(3)9-20(17)27-12-21(26)24-23-11-16-7-5-6-8-19(16)28-15(4)25/h5-11,13H,12H2,1-4H3,(H,24,26)/b23-11-. The van der Waals surface area contributed by atoms with Gasteiger partial charge in [0.1, 0.15) is 11.5 Å². The molecule has 0 heterocycles. The van der Waals surface area contributed by atoms with Gasteiger partial charge in [0.05, 0.1) is 6.21 Å². The van der Waals surface area contributed by atoms with Gasteiger partial charge in [0, 0.05) is 17.0 Å². The fourth-order valence-electron chi connectivity index (χ4n) is 2.43. The predicted octanol–water partition coefficient (Wildman–Crippen LogP) is 4.34. The molecule has 0 saturated heterocycles. The zero-order valence-electron chi connectivity index (χ0n) is 16.3. The minimum atomic E-state index is -0.427. The largest absolute Gasteiger partial charge is 0.483 e. The molecule has 1 N–H and O–H groups in total. The number of carbonyl (C=O) groups is 2. The first-order valence-corrected chi connectivity index (χ1v) is 9.59. The van der Waals surface area contributed by atoms with Crippen LogP contribution in [0, 0.1) is 6.92 Å². The third-order valence-electron chi connectivity index (χ3n) is 3.84. The molecular formula is C21H23BrN2O4. The molecule has 148 valence electrons. The quantitative estimate of drug-likeness (QED) is 0.297. The molecule has 0 spiro atoms. The number of amides is 1. The zero-order chi connectivity index (χ0) is 20.7. The van der Waals surface area contributed by atoms with Gasteiger partial charge in [-0.25, -0.2) is 5.43 Å². The van der Waals surface area contributed by atoms with Gasteiger partial charge in [-0.15, -0.1) is 0 Å². The van der Waals surface area contributed by atoms with E-state index in [0.29, 0.717) is 17.1 Å². The van der Waals surface area contributed by atoms with Crippen molar-refractivity contribution in [3.63, 3.8) is 0 Å².